The third-order valence-corrected chi connectivity index (χ3v) is 4.17. The molecule has 0 radical (unpaired) electrons. The van der Waals surface area contributed by atoms with Crippen LogP contribution in [0, 0.1) is 5.92 Å². The average molecular weight is 270 g/mol. The van der Waals surface area contributed by atoms with Gasteiger partial charge in [0, 0.05) is 5.02 Å². The number of fused-ring (bicyclic) bond motifs is 3. The molecule has 0 bridgehead atoms. The molecule has 2 aromatic rings. The number of nitrogens with zero attached hydrogens (tertiary/aromatic N) is 1. The molecule has 1 aliphatic carbocycles. The van der Waals surface area contributed by atoms with Crippen LogP contribution in [0.25, 0.3) is 0 Å². The summed E-state index contributed by atoms with van der Waals surface area (Å²) >= 11 is 5.93. The summed E-state index contributed by atoms with van der Waals surface area (Å²) in [6, 6.07) is 16.3. The van der Waals surface area contributed by atoms with Gasteiger partial charge >= 0.3 is 0 Å². The Kier molecular flexibility index (Phi) is 2.39. The van der Waals surface area contributed by atoms with E-state index < -0.39 is 0 Å². The summed E-state index contributed by atoms with van der Waals surface area (Å²) in [7, 11) is 0. The SMILES string of the molecule is Clc1ccc(C2=NO[C@H]3c4ccccc4C[C@H]23)cc1. The standard InChI is InChI=1S/C16H12ClNO/c17-12-7-5-10(6-8-12)15-14-9-11-3-1-2-4-13(11)16(14)19-18-15/h1-8,14,16H,9H2/t14-,16+/m1/s1. The fourth-order valence-electron chi connectivity index (χ4n) is 3.00. The number of benzene rings is 2. The average Bonchev–Trinajstić information content (AvgIpc) is 2.98. The first-order valence-electron chi connectivity index (χ1n) is 6.40. The van der Waals surface area contributed by atoms with Crippen molar-refractivity contribution in [3.8, 4) is 0 Å². The lowest BCUT2D eigenvalue weighted by Gasteiger charge is -2.09. The normalized spacial score (nSPS) is 23.5. The molecule has 94 valence electrons. The van der Waals surface area contributed by atoms with Gasteiger partial charge in [0.25, 0.3) is 0 Å². The zero-order chi connectivity index (χ0) is 12.8. The maximum absolute atomic E-state index is 5.93. The second-order valence-corrected chi connectivity index (χ2v) is 5.46. The molecular formula is C16H12ClNO. The van der Waals surface area contributed by atoms with E-state index >= 15 is 0 Å². The molecule has 1 heterocycles. The minimum atomic E-state index is 0.0851. The summed E-state index contributed by atoms with van der Waals surface area (Å²) in [5.74, 6) is 0.332. The van der Waals surface area contributed by atoms with E-state index in [9.17, 15) is 0 Å². The number of oxime groups is 1. The van der Waals surface area contributed by atoms with Gasteiger partial charge < -0.3 is 4.84 Å². The van der Waals surface area contributed by atoms with Gasteiger partial charge in [-0.15, -0.1) is 0 Å². The highest BCUT2D eigenvalue weighted by Gasteiger charge is 2.42. The number of halogens is 1. The second-order valence-electron chi connectivity index (χ2n) is 5.02. The number of hydrogen-bond donors (Lipinski definition) is 0. The molecule has 19 heavy (non-hydrogen) atoms. The lowest BCUT2D eigenvalue weighted by molar-refractivity contribution is 0.0697. The predicted octanol–water partition coefficient (Wildman–Crippen LogP) is 3.99. The summed E-state index contributed by atoms with van der Waals surface area (Å²) in [5, 5.41) is 5.04. The van der Waals surface area contributed by atoms with Gasteiger partial charge in [0.1, 0.15) is 0 Å². The monoisotopic (exact) mass is 269 g/mol. The van der Waals surface area contributed by atoms with E-state index in [1.54, 1.807) is 0 Å². The molecule has 0 N–H and O–H groups in total. The third-order valence-electron chi connectivity index (χ3n) is 3.92. The van der Waals surface area contributed by atoms with E-state index in [1.807, 2.05) is 24.3 Å². The van der Waals surface area contributed by atoms with Crippen molar-refractivity contribution in [2.24, 2.45) is 11.1 Å². The van der Waals surface area contributed by atoms with E-state index in [0.717, 1.165) is 22.7 Å². The minimum Gasteiger partial charge on any atom is -0.387 e. The van der Waals surface area contributed by atoms with Gasteiger partial charge in [-0.1, -0.05) is 53.2 Å². The Morgan fingerprint density at radius 2 is 1.84 bits per heavy atom. The molecule has 0 saturated carbocycles. The van der Waals surface area contributed by atoms with Gasteiger partial charge in [0.15, 0.2) is 6.10 Å². The molecule has 0 unspecified atom stereocenters. The Hall–Kier alpha value is -1.80. The smallest absolute Gasteiger partial charge is 0.161 e. The zero-order valence-electron chi connectivity index (χ0n) is 10.2. The van der Waals surface area contributed by atoms with Gasteiger partial charge in [0.2, 0.25) is 0 Å². The molecule has 1 aliphatic heterocycles. The lowest BCUT2D eigenvalue weighted by Crippen LogP contribution is -2.14. The van der Waals surface area contributed by atoms with Crippen molar-refractivity contribution in [1.82, 2.24) is 0 Å². The van der Waals surface area contributed by atoms with Gasteiger partial charge in [-0.3, -0.25) is 0 Å². The van der Waals surface area contributed by atoms with Gasteiger partial charge in [-0.2, -0.15) is 0 Å². The van der Waals surface area contributed by atoms with Crippen molar-refractivity contribution in [1.29, 1.82) is 0 Å². The van der Waals surface area contributed by atoms with Crippen LogP contribution in [-0.2, 0) is 11.3 Å². The van der Waals surface area contributed by atoms with Crippen molar-refractivity contribution in [2.45, 2.75) is 12.5 Å². The largest absolute Gasteiger partial charge is 0.387 e. The molecule has 2 aromatic carbocycles. The van der Waals surface area contributed by atoms with Crippen LogP contribution in [-0.4, -0.2) is 5.71 Å². The van der Waals surface area contributed by atoms with Crippen molar-refractivity contribution >= 4 is 17.3 Å². The maximum atomic E-state index is 5.93. The molecule has 0 spiro atoms. The maximum Gasteiger partial charge on any atom is 0.161 e. The molecular weight excluding hydrogens is 258 g/mol. The fraction of sp³-hybridized carbons (Fsp3) is 0.188. The Morgan fingerprint density at radius 3 is 2.68 bits per heavy atom. The summed E-state index contributed by atoms with van der Waals surface area (Å²) < 4.78 is 0. The van der Waals surface area contributed by atoms with E-state index in [2.05, 4.69) is 29.4 Å². The minimum absolute atomic E-state index is 0.0851. The third kappa shape index (κ3) is 1.67. The summed E-state index contributed by atoms with van der Waals surface area (Å²) in [6.45, 7) is 0. The highest BCUT2D eigenvalue weighted by Crippen LogP contribution is 2.44. The van der Waals surface area contributed by atoms with Crippen LogP contribution in [0.1, 0.15) is 22.8 Å². The van der Waals surface area contributed by atoms with Crippen LogP contribution >= 0.6 is 11.6 Å². The number of rotatable bonds is 1. The lowest BCUT2D eigenvalue weighted by atomic mass is 9.93. The zero-order valence-corrected chi connectivity index (χ0v) is 11.0. The molecule has 3 heteroatoms. The van der Waals surface area contributed by atoms with Gasteiger partial charge in [-0.25, -0.2) is 0 Å². The molecule has 2 atom stereocenters. The van der Waals surface area contributed by atoms with Crippen LogP contribution in [0.2, 0.25) is 5.02 Å². The first kappa shape index (κ1) is 11.1. The van der Waals surface area contributed by atoms with Crippen LogP contribution in [0.3, 0.4) is 0 Å². The number of hydrogen-bond acceptors (Lipinski definition) is 2. The Labute approximate surface area is 116 Å². The molecule has 0 saturated heterocycles. The molecule has 0 fully saturated rings. The summed E-state index contributed by atoms with van der Waals surface area (Å²) in [5.41, 5.74) is 4.79. The summed E-state index contributed by atoms with van der Waals surface area (Å²) in [4.78, 5) is 5.66. The first-order valence-corrected chi connectivity index (χ1v) is 6.78. The molecule has 4 rings (SSSR count). The Morgan fingerprint density at radius 1 is 1.05 bits per heavy atom. The second kappa shape index (κ2) is 4.10. The van der Waals surface area contributed by atoms with E-state index in [0.29, 0.717) is 5.92 Å². The van der Waals surface area contributed by atoms with Crippen LogP contribution in [0.15, 0.2) is 53.7 Å². The van der Waals surface area contributed by atoms with E-state index in [-0.39, 0.29) is 6.10 Å². The molecule has 0 aromatic heterocycles. The van der Waals surface area contributed by atoms with E-state index in [4.69, 9.17) is 16.4 Å². The van der Waals surface area contributed by atoms with Crippen LogP contribution < -0.4 is 0 Å². The predicted molar refractivity (Wildman–Crippen MR) is 75.5 cm³/mol. The highest BCUT2D eigenvalue weighted by molar-refractivity contribution is 6.30. The first-order chi connectivity index (χ1) is 9.33. The van der Waals surface area contributed by atoms with Crippen LogP contribution in [0.5, 0.6) is 0 Å². The Bertz CT molecular complexity index is 663. The van der Waals surface area contributed by atoms with Crippen molar-refractivity contribution < 1.29 is 4.84 Å². The topological polar surface area (TPSA) is 21.6 Å². The Balaban J connectivity index is 1.70. The van der Waals surface area contributed by atoms with Crippen molar-refractivity contribution in [3.63, 3.8) is 0 Å². The van der Waals surface area contributed by atoms with Crippen molar-refractivity contribution in [2.75, 3.05) is 0 Å². The van der Waals surface area contributed by atoms with E-state index in [1.165, 1.54) is 11.1 Å². The van der Waals surface area contributed by atoms with Crippen LogP contribution in [0.4, 0.5) is 0 Å². The quantitative estimate of drug-likeness (QED) is 0.767. The molecule has 0 amide bonds. The fourth-order valence-corrected chi connectivity index (χ4v) is 3.12. The molecule has 2 aliphatic rings. The van der Waals surface area contributed by atoms with Crippen molar-refractivity contribution in [3.05, 3.63) is 70.2 Å². The highest BCUT2D eigenvalue weighted by atomic mass is 35.5. The van der Waals surface area contributed by atoms with Gasteiger partial charge in [-0.05, 0) is 35.2 Å². The van der Waals surface area contributed by atoms with Gasteiger partial charge in [0.05, 0.1) is 11.6 Å². The summed E-state index contributed by atoms with van der Waals surface area (Å²) in [6.07, 6.45) is 1.09. The molecule has 2 nitrogen and oxygen atoms in total.